The van der Waals surface area contributed by atoms with Crippen LogP contribution in [0.4, 0.5) is 4.39 Å². The molecular formula is C11H10BrFN2S. The van der Waals surface area contributed by atoms with Gasteiger partial charge in [0, 0.05) is 16.0 Å². The van der Waals surface area contributed by atoms with Crippen molar-refractivity contribution in [3.63, 3.8) is 0 Å². The Morgan fingerprint density at radius 3 is 2.94 bits per heavy atom. The minimum atomic E-state index is -0.241. The summed E-state index contributed by atoms with van der Waals surface area (Å²) in [5.41, 5.74) is 0.859. The lowest BCUT2D eigenvalue weighted by Crippen LogP contribution is -2.18. The maximum Gasteiger partial charge on any atom is 0.123 e. The zero-order chi connectivity index (χ0) is 11.5. The van der Waals surface area contributed by atoms with Gasteiger partial charge in [0.05, 0.1) is 6.04 Å². The fraction of sp³-hybridized carbons (Fsp3) is 0.182. The first-order valence-corrected chi connectivity index (χ1v) is 6.41. The van der Waals surface area contributed by atoms with Crippen molar-refractivity contribution >= 4 is 27.3 Å². The van der Waals surface area contributed by atoms with E-state index in [2.05, 4.69) is 26.2 Å². The fourth-order valence-corrected chi connectivity index (χ4v) is 2.76. The molecule has 2 aromatic rings. The van der Waals surface area contributed by atoms with E-state index < -0.39 is 0 Å². The summed E-state index contributed by atoms with van der Waals surface area (Å²) in [6, 6.07) is 4.59. The van der Waals surface area contributed by atoms with Gasteiger partial charge in [-0.1, -0.05) is 15.9 Å². The third kappa shape index (κ3) is 2.31. The summed E-state index contributed by atoms with van der Waals surface area (Å²) in [5.74, 6) is -0.241. The van der Waals surface area contributed by atoms with E-state index in [0.717, 1.165) is 15.0 Å². The number of nitrogens with one attached hydrogen (secondary N) is 1. The molecule has 1 aromatic heterocycles. The highest BCUT2D eigenvalue weighted by molar-refractivity contribution is 9.10. The molecule has 1 aromatic carbocycles. The van der Waals surface area contributed by atoms with E-state index in [1.165, 1.54) is 12.1 Å². The van der Waals surface area contributed by atoms with Crippen LogP contribution in [0.25, 0.3) is 0 Å². The molecule has 0 fully saturated rings. The lowest BCUT2D eigenvalue weighted by Gasteiger charge is -2.15. The number of nitrogens with zero attached hydrogens (tertiary/aromatic N) is 1. The molecule has 84 valence electrons. The van der Waals surface area contributed by atoms with Crippen molar-refractivity contribution in [1.82, 2.24) is 10.3 Å². The Balaban J connectivity index is 2.44. The molecule has 0 amide bonds. The number of benzene rings is 1. The molecule has 1 atom stereocenters. The molecule has 0 saturated carbocycles. The first-order chi connectivity index (χ1) is 7.72. The fourth-order valence-electron chi connectivity index (χ4n) is 1.52. The molecule has 0 spiro atoms. The number of aromatic nitrogens is 1. The van der Waals surface area contributed by atoms with Crippen LogP contribution in [0.15, 0.2) is 34.2 Å². The van der Waals surface area contributed by atoms with Crippen LogP contribution in [0.5, 0.6) is 0 Å². The zero-order valence-corrected chi connectivity index (χ0v) is 11.0. The van der Waals surface area contributed by atoms with E-state index >= 15 is 0 Å². The smallest absolute Gasteiger partial charge is 0.123 e. The van der Waals surface area contributed by atoms with Crippen LogP contribution in [0.1, 0.15) is 16.6 Å². The predicted molar refractivity (Wildman–Crippen MR) is 67.1 cm³/mol. The van der Waals surface area contributed by atoms with Crippen molar-refractivity contribution in [3.8, 4) is 0 Å². The van der Waals surface area contributed by atoms with E-state index in [0.29, 0.717) is 0 Å². The molecule has 0 aliphatic carbocycles. The third-order valence-electron chi connectivity index (χ3n) is 2.26. The van der Waals surface area contributed by atoms with Gasteiger partial charge >= 0.3 is 0 Å². The first kappa shape index (κ1) is 11.7. The van der Waals surface area contributed by atoms with Crippen molar-refractivity contribution in [2.75, 3.05) is 7.05 Å². The predicted octanol–water partition coefficient (Wildman–Crippen LogP) is 3.35. The van der Waals surface area contributed by atoms with E-state index in [-0.39, 0.29) is 11.9 Å². The molecule has 0 radical (unpaired) electrons. The summed E-state index contributed by atoms with van der Waals surface area (Å²) in [5, 5.41) is 5.97. The molecule has 0 aliphatic heterocycles. The monoisotopic (exact) mass is 300 g/mol. The maximum atomic E-state index is 13.2. The van der Waals surface area contributed by atoms with Gasteiger partial charge in [-0.2, -0.15) is 0 Å². The lowest BCUT2D eigenvalue weighted by atomic mass is 10.1. The SMILES string of the molecule is CNC(c1nccs1)c1cc(F)ccc1Br. The van der Waals surface area contributed by atoms with E-state index in [1.807, 2.05) is 12.4 Å². The van der Waals surface area contributed by atoms with Crippen LogP contribution in [-0.2, 0) is 0 Å². The number of hydrogen-bond acceptors (Lipinski definition) is 3. The van der Waals surface area contributed by atoms with Gasteiger partial charge in [-0.25, -0.2) is 9.37 Å². The van der Waals surface area contributed by atoms with Gasteiger partial charge in [-0.05, 0) is 30.8 Å². The van der Waals surface area contributed by atoms with Crippen molar-refractivity contribution in [2.45, 2.75) is 6.04 Å². The standard InChI is InChI=1S/C11H10BrFN2S/c1-14-10(11-15-4-5-16-11)8-6-7(13)2-3-9(8)12/h2-6,10,14H,1H3. The molecule has 1 heterocycles. The number of hydrogen-bond donors (Lipinski definition) is 1. The Labute approximate surface area is 106 Å². The second-order valence-corrected chi connectivity index (χ2v) is 5.04. The van der Waals surface area contributed by atoms with Gasteiger partial charge in [-0.3, -0.25) is 0 Å². The highest BCUT2D eigenvalue weighted by Crippen LogP contribution is 2.29. The minimum absolute atomic E-state index is 0.0786. The van der Waals surface area contributed by atoms with Gasteiger partial charge in [0.2, 0.25) is 0 Å². The van der Waals surface area contributed by atoms with Gasteiger partial charge in [0.1, 0.15) is 10.8 Å². The molecule has 16 heavy (non-hydrogen) atoms. The average Bonchev–Trinajstić information content (AvgIpc) is 2.78. The van der Waals surface area contributed by atoms with Crippen LogP contribution >= 0.6 is 27.3 Å². The highest BCUT2D eigenvalue weighted by Gasteiger charge is 2.17. The molecule has 2 nitrogen and oxygen atoms in total. The normalized spacial score (nSPS) is 12.7. The number of halogens is 2. The van der Waals surface area contributed by atoms with E-state index in [9.17, 15) is 4.39 Å². The average molecular weight is 301 g/mol. The largest absolute Gasteiger partial charge is 0.307 e. The second kappa shape index (κ2) is 5.03. The highest BCUT2D eigenvalue weighted by atomic mass is 79.9. The van der Waals surface area contributed by atoms with Crippen LogP contribution in [-0.4, -0.2) is 12.0 Å². The Morgan fingerprint density at radius 2 is 2.31 bits per heavy atom. The summed E-state index contributed by atoms with van der Waals surface area (Å²) in [6.07, 6.45) is 1.75. The van der Waals surface area contributed by atoms with Crippen LogP contribution in [0.2, 0.25) is 0 Å². The molecule has 0 bridgehead atoms. The molecule has 2 rings (SSSR count). The summed E-state index contributed by atoms with van der Waals surface area (Å²) in [6.45, 7) is 0. The summed E-state index contributed by atoms with van der Waals surface area (Å²) < 4.78 is 14.1. The Hall–Kier alpha value is -0.780. The van der Waals surface area contributed by atoms with Gasteiger partial charge in [0.15, 0.2) is 0 Å². The van der Waals surface area contributed by atoms with E-state index in [4.69, 9.17) is 0 Å². The van der Waals surface area contributed by atoms with Gasteiger partial charge in [-0.15, -0.1) is 11.3 Å². The first-order valence-electron chi connectivity index (χ1n) is 4.74. The molecule has 1 N–H and O–H groups in total. The van der Waals surface area contributed by atoms with Crippen molar-refractivity contribution < 1.29 is 4.39 Å². The minimum Gasteiger partial charge on any atom is -0.307 e. The summed E-state index contributed by atoms with van der Waals surface area (Å²) in [4.78, 5) is 4.25. The lowest BCUT2D eigenvalue weighted by molar-refractivity contribution is 0.615. The third-order valence-corrected chi connectivity index (χ3v) is 3.82. The summed E-state index contributed by atoms with van der Waals surface area (Å²) >= 11 is 4.98. The molecular weight excluding hydrogens is 291 g/mol. The Bertz CT molecular complexity index is 473. The Kier molecular flexibility index (Phi) is 3.68. The van der Waals surface area contributed by atoms with Crippen molar-refractivity contribution in [1.29, 1.82) is 0 Å². The van der Waals surface area contributed by atoms with Gasteiger partial charge < -0.3 is 5.32 Å². The van der Waals surface area contributed by atoms with Crippen LogP contribution in [0.3, 0.4) is 0 Å². The summed E-state index contributed by atoms with van der Waals surface area (Å²) in [7, 11) is 1.84. The van der Waals surface area contributed by atoms with Crippen LogP contribution in [0, 0.1) is 5.82 Å². The maximum absolute atomic E-state index is 13.2. The molecule has 1 unspecified atom stereocenters. The molecule has 0 aliphatic rings. The second-order valence-electron chi connectivity index (χ2n) is 3.26. The number of thiazole rings is 1. The van der Waals surface area contributed by atoms with Crippen LogP contribution < -0.4 is 5.32 Å². The number of rotatable bonds is 3. The topological polar surface area (TPSA) is 24.9 Å². The quantitative estimate of drug-likeness (QED) is 0.940. The molecule has 5 heteroatoms. The van der Waals surface area contributed by atoms with Crippen molar-refractivity contribution in [2.24, 2.45) is 0 Å². The van der Waals surface area contributed by atoms with E-state index in [1.54, 1.807) is 23.6 Å². The Morgan fingerprint density at radius 1 is 1.50 bits per heavy atom. The van der Waals surface area contributed by atoms with Crippen molar-refractivity contribution in [3.05, 3.63) is 50.6 Å². The molecule has 0 saturated heterocycles. The van der Waals surface area contributed by atoms with Gasteiger partial charge in [0.25, 0.3) is 0 Å². The zero-order valence-electron chi connectivity index (χ0n) is 8.58.